The first-order valence-electron chi connectivity index (χ1n) is 9.28. The standard InChI is InChI=1S/C23H23Si.3ClH.Ti/c1-3-16-10-9-15-22(17(16)4-2)24-23-20-13-7-5-11-18(20)19-12-6-8-14-21(19)23;;;;/h5-13,15,23H,3-4,24H2,1-2H3;3*1H;/q;;;;+3/p-3. The number of hydrogen-bond donors (Lipinski definition) is 0. The average Bonchev–Trinajstić information content (AvgIpc) is 2.97. The molecule has 1 atom stereocenters. The van der Waals surface area contributed by atoms with Crippen molar-refractivity contribution in [3.63, 3.8) is 0 Å². The van der Waals surface area contributed by atoms with Crippen molar-refractivity contribution in [1.82, 2.24) is 0 Å². The molecule has 0 aromatic heterocycles. The molecule has 5 heteroatoms. The van der Waals surface area contributed by atoms with Gasteiger partial charge in [-0.2, -0.15) is 0 Å². The molecule has 3 aromatic rings. The Morgan fingerprint density at radius 3 is 2.18 bits per heavy atom. The second-order valence-electron chi connectivity index (χ2n) is 6.87. The topological polar surface area (TPSA) is 0 Å². The molecule has 0 aliphatic heterocycles. The van der Waals surface area contributed by atoms with Crippen LogP contribution in [0.4, 0.5) is 0 Å². The minimum Gasteiger partial charge on any atom is -1.00 e. The predicted molar refractivity (Wildman–Crippen MR) is 107 cm³/mol. The summed E-state index contributed by atoms with van der Waals surface area (Å²) in [6, 6.07) is 22.9. The van der Waals surface area contributed by atoms with Crippen molar-refractivity contribution in [1.29, 1.82) is 0 Å². The number of rotatable bonds is 4. The minimum atomic E-state index is -0.444. The van der Waals surface area contributed by atoms with E-state index < -0.39 is 9.52 Å². The summed E-state index contributed by atoms with van der Waals surface area (Å²) in [5.74, 6) is 0. The van der Waals surface area contributed by atoms with Gasteiger partial charge in [-0.15, -0.1) is 0 Å². The fraction of sp³-hybridized carbons (Fsp3) is 0.217. The molecular formula is C23H23Cl3SiTi. The Kier molecular flexibility index (Phi) is 10.0. The molecule has 1 unspecified atom stereocenters. The summed E-state index contributed by atoms with van der Waals surface area (Å²) in [7, 11) is -0.444. The summed E-state index contributed by atoms with van der Waals surface area (Å²) < 4.78 is 1.45. The summed E-state index contributed by atoms with van der Waals surface area (Å²) in [5, 5.41) is 1.66. The van der Waals surface area contributed by atoms with Crippen molar-refractivity contribution in [3.8, 4) is 11.1 Å². The van der Waals surface area contributed by atoms with Gasteiger partial charge in [-0.1, -0.05) is 0 Å². The summed E-state index contributed by atoms with van der Waals surface area (Å²) in [4.78, 5) is 0. The van der Waals surface area contributed by atoms with E-state index >= 15 is 0 Å². The van der Waals surface area contributed by atoms with Crippen molar-refractivity contribution in [2.75, 3.05) is 0 Å². The number of benzene rings is 3. The van der Waals surface area contributed by atoms with E-state index in [0.717, 1.165) is 12.8 Å². The third kappa shape index (κ3) is 4.46. The summed E-state index contributed by atoms with van der Waals surface area (Å²) in [6.45, 7) is 4.60. The summed E-state index contributed by atoms with van der Waals surface area (Å²) in [6.07, 6.45) is 2.30. The average molecular weight is 482 g/mol. The van der Waals surface area contributed by atoms with Gasteiger partial charge in [-0.3, -0.25) is 0 Å². The number of halogens is 3. The molecule has 0 bridgehead atoms. The molecule has 1 aliphatic carbocycles. The van der Waals surface area contributed by atoms with Gasteiger partial charge >= 0.3 is 165 Å². The van der Waals surface area contributed by atoms with E-state index in [-0.39, 0.29) is 37.2 Å². The summed E-state index contributed by atoms with van der Waals surface area (Å²) >= 11 is 2.29. The van der Waals surface area contributed by atoms with Gasteiger partial charge in [-0.05, 0) is 0 Å². The molecule has 4 rings (SSSR count). The maximum atomic E-state index is 2.41. The van der Waals surface area contributed by atoms with Gasteiger partial charge in [0.05, 0.1) is 0 Å². The quantitative estimate of drug-likeness (QED) is 0.327. The Bertz CT molecular complexity index is 943. The van der Waals surface area contributed by atoms with Crippen molar-refractivity contribution >= 4 is 18.6 Å². The molecule has 0 spiro atoms. The van der Waals surface area contributed by atoms with Crippen LogP contribution in [-0.2, 0) is 33.3 Å². The monoisotopic (exact) mass is 480 g/mol. The molecule has 0 saturated carbocycles. The summed E-state index contributed by atoms with van der Waals surface area (Å²) in [5.41, 5.74) is 9.87. The van der Waals surface area contributed by atoms with Gasteiger partial charge in [0, 0.05) is 0 Å². The molecular weight excluding hydrogens is 459 g/mol. The third-order valence-corrected chi connectivity index (χ3v) is 8.65. The smallest absolute Gasteiger partial charge is 1.00 e. The van der Waals surface area contributed by atoms with Crippen LogP contribution in [-0.4, -0.2) is 9.52 Å². The predicted octanol–water partition coefficient (Wildman–Crippen LogP) is -5.44. The Labute approximate surface area is 201 Å². The van der Waals surface area contributed by atoms with E-state index in [1.807, 2.05) is 0 Å². The first kappa shape index (κ1) is 25.5. The van der Waals surface area contributed by atoms with Crippen LogP contribution >= 0.6 is 0 Å². The van der Waals surface area contributed by atoms with Gasteiger partial charge in [-0.25, -0.2) is 0 Å². The van der Waals surface area contributed by atoms with E-state index in [0.29, 0.717) is 5.54 Å². The maximum absolute atomic E-state index is 2.41. The first-order chi connectivity index (χ1) is 12.2. The number of aryl methyl sites for hydroxylation is 1. The van der Waals surface area contributed by atoms with Crippen LogP contribution in [0.2, 0.25) is 0 Å². The molecule has 0 N–H and O–H groups in total. The SMILES string of the molecule is CCc1cccc([SiH2]C2c3ccccc3-c3ccc[c]([Ti+3])c32)c1CC.[Cl-].[Cl-].[Cl-]. The molecule has 0 nitrogen and oxygen atoms in total. The van der Waals surface area contributed by atoms with Crippen molar-refractivity contribution in [3.05, 3.63) is 82.9 Å². The van der Waals surface area contributed by atoms with E-state index in [1.165, 1.54) is 15.0 Å². The van der Waals surface area contributed by atoms with Crippen LogP contribution in [0.1, 0.15) is 41.6 Å². The fourth-order valence-corrected chi connectivity index (χ4v) is 8.08. The van der Waals surface area contributed by atoms with Crippen molar-refractivity contribution in [2.45, 2.75) is 32.2 Å². The van der Waals surface area contributed by atoms with E-state index in [9.17, 15) is 0 Å². The van der Waals surface area contributed by atoms with Crippen LogP contribution in [0.3, 0.4) is 0 Å². The molecule has 0 amide bonds. The largest absolute Gasteiger partial charge is 1.00 e. The van der Waals surface area contributed by atoms with Crippen molar-refractivity contribution < 1.29 is 57.7 Å². The van der Waals surface area contributed by atoms with Crippen LogP contribution in [0, 0.1) is 0 Å². The van der Waals surface area contributed by atoms with Crippen molar-refractivity contribution in [2.24, 2.45) is 0 Å². The van der Waals surface area contributed by atoms with Crippen LogP contribution in [0.15, 0.2) is 60.7 Å². The van der Waals surface area contributed by atoms with E-state index in [2.05, 4.69) is 94.9 Å². The van der Waals surface area contributed by atoms with Crippen LogP contribution < -0.4 is 46.3 Å². The maximum Gasteiger partial charge on any atom is -1.00 e. The zero-order valence-corrected chi connectivity index (χ0v) is 21.3. The molecule has 144 valence electrons. The molecule has 0 fully saturated rings. The number of fused-ring (bicyclic) bond motifs is 3. The zero-order chi connectivity index (χ0) is 17.4. The minimum absolute atomic E-state index is 0. The van der Waals surface area contributed by atoms with E-state index in [1.54, 1.807) is 27.4 Å². The molecule has 0 heterocycles. The van der Waals surface area contributed by atoms with Gasteiger partial charge in [0.15, 0.2) is 0 Å². The Balaban J connectivity index is 0.00000131. The van der Waals surface area contributed by atoms with Gasteiger partial charge in [0.2, 0.25) is 0 Å². The Hall–Kier alpha value is -0.539. The Morgan fingerprint density at radius 1 is 0.786 bits per heavy atom. The zero-order valence-electron chi connectivity index (χ0n) is 16.1. The first-order valence-corrected chi connectivity index (χ1v) is 11.6. The van der Waals surface area contributed by atoms with Crippen LogP contribution in [0.25, 0.3) is 11.1 Å². The van der Waals surface area contributed by atoms with Gasteiger partial charge in [0.1, 0.15) is 0 Å². The Morgan fingerprint density at radius 2 is 1.46 bits per heavy atom. The van der Waals surface area contributed by atoms with E-state index in [4.69, 9.17) is 0 Å². The second-order valence-corrected chi connectivity index (χ2v) is 9.70. The fourth-order valence-electron chi connectivity index (χ4n) is 4.47. The van der Waals surface area contributed by atoms with Gasteiger partial charge in [0.25, 0.3) is 0 Å². The molecule has 0 radical (unpaired) electrons. The molecule has 0 saturated heterocycles. The molecule has 3 aromatic carbocycles. The normalized spacial score (nSPS) is 13.9. The van der Waals surface area contributed by atoms with Crippen LogP contribution in [0.5, 0.6) is 0 Å². The second kappa shape index (κ2) is 11.0. The van der Waals surface area contributed by atoms with Gasteiger partial charge < -0.3 is 37.2 Å². The number of hydrogen-bond acceptors (Lipinski definition) is 0. The molecule has 28 heavy (non-hydrogen) atoms. The molecule has 1 aliphatic rings. The third-order valence-electron chi connectivity index (χ3n) is 5.61.